The zero-order chi connectivity index (χ0) is 10.8. The number of halogens is 1. The van der Waals surface area contributed by atoms with Crippen LogP contribution in [0.3, 0.4) is 0 Å². The van der Waals surface area contributed by atoms with Crippen molar-refractivity contribution in [1.82, 2.24) is 0 Å². The van der Waals surface area contributed by atoms with Crippen molar-refractivity contribution < 1.29 is 9.90 Å². The summed E-state index contributed by atoms with van der Waals surface area (Å²) in [6.45, 7) is 0. The molecule has 15 heavy (non-hydrogen) atoms. The summed E-state index contributed by atoms with van der Waals surface area (Å²) in [5.41, 5.74) is 0.554. The Kier molecular flexibility index (Phi) is 2.60. The summed E-state index contributed by atoms with van der Waals surface area (Å²) in [5.74, 6) is -0.000940. The van der Waals surface area contributed by atoms with Crippen LogP contribution in [0.5, 0.6) is 5.75 Å². The number of phenolic OH excluding ortho intramolecular Hbond substituents is 1. The summed E-state index contributed by atoms with van der Waals surface area (Å²) in [4.78, 5) is 11.5. The van der Waals surface area contributed by atoms with E-state index in [0.29, 0.717) is 10.9 Å². The van der Waals surface area contributed by atoms with Crippen LogP contribution in [0.1, 0.15) is 10.4 Å². The molecule has 3 heteroatoms. The van der Waals surface area contributed by atoms with Gasteiger partial charge in [0.1, 0.15) is 5.75 Å². The number of benzene rings is 2. The Hall–Kier alpha value is -1.54. The topological polar surface area (TPSA) is 37.3 Å². The number of Topliss-reactive ketones (excluding diaryl/α,β-unsaturated/α-hetero) is 1. The number of ketones is 1. The number of hydrogen-bond acceptors (Lipinski definition) is 2. The predicted molar refractivity (Wildman–Crippen MR) is 60.7 cm³/mol. The quantitative estimate of drug-likeness (QED) is 0.624. The van der Waals surface area contributed by atoms with Crippen LogP contribution < -0.4 is 0 Å². The number of fused-ring (bicyclic) bond motifs is 1. The van der Waals surface area contributed by atoms with Gasteiger partial charge in [-0.1, -0.05) is 24.3 Å². The first kappa shape index (κ1) is 9.99. The van der Waals surface area contributed by atoms with E-state index in [1.54, 1.807) is 18.2 Å². The van der Waals surface area contributed by atoms with Gasteiger partial charge < -0.3 is 5.11 Å². The number of rotatable bonds is 2. The maximum absolute atomic E-state index is 11.5. The van der Waals surface area contributed by atoms with Crippen molar-refractivity contribution in [3.63, 3.8) is 0 Å². The molecule has 0 bridgehead atoms. The Bertz CT molecular complexity index is 520. The molecule has 76 valence electrons. The molecular weight excluding hydrogens is 212 g/mol. The minimum absolute atomic E-state index is 0.0469. The van der Waals surface area contributed by atoms with Crippen molar-refractivity contribution in [3.8, 4) is 5.75 Å². The van der Waals surface area contributed by atoms with Gasteiger partial charge in [-0.15, -0.1) is 11.6 Å². The minimum Gasteiger partial charge on any atom is -0.507 e. The lowest BCUT2D eigenvalue weighted by Crippen LogP contribution is -2.00. The summed E-state index contributed by atoms with van der Waals surface area (Å²) >= 11 is 5.51. The monoisotopic (exact) mass is 220 g/mol. The molecule has 0 fully saturated rings. The van der Waals surface area contributed by atoms with Gasteiger partial charge in [0.25, 0.3) is 0 Å². The van der Waals surface area contributed by atoms with Crippen LogP contribution in [0, 0.1) is 0 Å². The number of carbonyl (C=O) groups excluding carboxylic acids is 1. The number of alkyl halides is 1. The van der Waals surface area contributed by atoms with Gasteiger partial charge in [-0.05, 0) is 17.5 Å². The summed E-state index contributed by atoms with van der Waals surface area (Å²) in [5, 5.41) is 11.0. The van der Waals surface area contributed by atoms with E-state index in [-0.39, 0.29) is 17.4 Å². The third kappa shape index (κ3) is 1.68. The van der Waals surface area contributed by atoms with Gasteiger partial charge in [0.05, 0.1) is 5.88 Å². The zero-order valence-electron chi connectivity index (χ0n) is 7.90. The number of aromatic hydroxyl groups is 1. The molecule has 0 saturated carbocycles. The molecule has 0 aliphatic heterocycles. The van der Waals surface area contributed by atoms with Crippen molar-refractivity contribution in [2.24, 2.45) is 0 Å². The maximum Gasteiger partial charge on any atom is 0.178 e. The normalized spacial score (nSPS) is 10.5. The molecule has 0 saturated heterocycles. The third-order valence-electron chi connectivity index (χ3n) is 2.32. The first-order valence-electron chi connectivity index (χ1n) is 4.54. The summed E-state index contributed by atoms with van der Waals surface area (Å²) < 4.78 is 0. The lowest BCUT2D eigenvalue weighted by Gasteiger charge is -2.05. The van der Waals surface area contributed by atoms with Gasteiger partial charge >= 0.3 is 0 Å². The van der Waals surface area contributed by atoms with E-state index in [1.165, 1.54) is 6.07 Å². The van der Waals surface area contributed by atoms with E-state index in [0.717, 1.165) is 5.39 Å². The van der Waals surface area contributed by atoms with E-state index in [2.05, 4.69) is 0 Å². The Balaban J connectivity index is 2.77. The molecule has 0 aromatic heterocycles. The summed E-state index contributed by atoms with van der Waals surface area (Å²) in [7, 11) is 0. The minimum atomic E-state index is -0.132. The molecule has 0 radical (unpaired) electrons. The van der Waals surface area contributed by atoms with Gasteiger partial charge in [-0.2, -0.15) is 0 Å². The van der Waals surface area contributed by atoms with Crippen molar-refractivity contribution in [2.45, 2.75) is 0 Å². The molecule has 1 N–H and O–H groups in total. The molecule has 0 atom stereocenters. The molecule has 2 aromatic carbocycles. The van der Waals surface area contributed by atoms with Crippen LogP contribution >= 0.6 is 11.6 Å². The van der Waals surface area contributed by atoms with Crippen LogP contribution in [0.25, 0.3) is 10.8 Å². The van der Waals surface area contributed by atoms with Crippen molar-refractivity contribution >= 4 is 28.2 Å². The SMILES string of the molecule is O=C(CCl)c1ccc(O)c2ccccc12. The number of hydrogen-bond donors (Lipinski definition) is 1. The predicted octanol–water partition coefficient (Wildman–Crippen LogP) is 2.97. The molecule has 0 aliphatic carbocycles. The smallest absolute Gasteiger partial charge is 0.178 e. The van der Waals surface area contributed by atoms with Gasteiger partial charge in [0.2, 0.25) is 0 Å². The number of carbonyl (C=O) groups is 1. The standard InChI is InChI=1S/C12H9ClO2/c13-7-12(15)10-5-6-11(14)9-4-2-1-3-8(9)10/h1-6,14H,7H2. The fraction of sp³-hybridized carbons (Fsp3) is 0.0833. The zero-order valence-corrected chi connectivity index (χ0v) is 8.66. The summed E-state index contributed by atoms with van der Waals surface area (Å²) in [6.07, 6.45) is 0. The fourth-order valence-electron chi connectivity index (χ4n) is 1.60. The third-order valence-corrected chi connectivity index (χ3v) is 2.57. The second kappa shape index (κ2) is 3.91. The van der Waals surface area contributed by atoms with Crippen LogP contribution in [-0.2, 0) is 0 Å². The van der Waals surface area contributed by atoms with E-state index < -0.39 is 0 Å². The highest BCUT2D eigenvalue weighted by Gasteiger charge is 2.10. The molecule has 0 unspecified atom stereocenters. The Labute approximate surface area is 92.1 Å². The van der Waals surface area contributed by atoms with Crippen molar-refractivity contribution in [3.05, 3.63) is 42.0 Å². The number of phenols is 1. The lowest BCUT2D eigenvalue weighted by molar-refractivity contribution is 0.102. The molecule has 0 spiro atoms. The highest BCUT2D eigenvalue weighted by Crippen LogP contribution is 2.27. The fourth-order valence-corrected chi connectivity index (χ4v) is 1.74. The van der Waals surface area contributed by atoms with Gasteiger partial charge in [0.15, 0.2) is 5.78 Å². The maximum atomic E-state index is 11.5. The Morgan fingerprint density at radius 2 is 1.80 bits per heavy atom. The second-order valence-corrected chi connectivity index (χ2v) is 3.50. The first-order chi connectivity index (χ1) is 7.24. The van der Waals surface area contributed by atoms with Gasteiger partial charge in [-0.3, -0.25) is 4.79 Å². The van der Waals surface area contributed by atoms with Crippen molar-refractivity contribution in [2.75, 3.05) is 5.88 Å². The van der Waals surface area contributed by atoms with Crippen LogP contribution in [0.15, 0.2) is 36.4 Å². The van der Waals surface area contributed by atoms with E-state index in [4.69, 9.17) is 11.6 Å². The molecule has 0 heterocycles. The molecular formula is C12H9ClO2. The molecule has 2 aromatic rings. The molecule has 0 aliphatic rings. The Morgan fingerprint density at radius 1 is 1.13 bits per heavy atom. The van der Waals surface area contributed by atoms with Gasteiger partial charge in [0, 0.05) is 10.9 Å². The van der Waals surface area contributed by atoms with E-state index in [9.17, 15) is 9.90 Å². The summed E-state index contributed by atoms with van der Waals surface area (Å²) in [6, 6.07) is 10.3. The largest absolute Gasteiger partial charge is 0.507 e. The average Bonchev–Trinajstić information content (AvgIpc) is 2.29. The molecule has 2 rings (SSSR count). The van der Waals surface area contributed by atoms with E-state index >= 15 is 0 Å². The van der Waals surface area contributed by atoms with Crippen LogP contribution in [0.2, 0.25) is 0 Å². The average molecular weight is 221 g/mol. The lowest BCUT2D eigenvalue weighted by atomic mass is 10.0. The van der Waals surface area contributed by atoms with E-state index in [1.807, 2.05) is 12.1 Å². The molecule has 0 amide bonds. The molecule has 2 nitrogen and oxygen atoms in total. The Morgan fingerprint density at radius 3 is 2.47 bits per heavy atom. The van der Waals surface area contributed by atoms with Crippen molar-refractivity contribution in [1.29, 1.82) is 0 Å². The first-order valence-corrected chi connectivity index (χ1v) is 5.07. The second-order valence-electron chi connectivity index (χ2n) is 3.23. The highest BCUT2D eigenvalue weighted by molar-refractivity contribution is 6.32. The van der Waals surface area contributed by atoms with Crippen LogP contribution in [0.4, 0.5) is 0 Å². The van der Waals surface area contributed by atoms with Crippen LogP contribution in [-0.4, -0.2) is 16.8 Å². The van der Waals surface area contributed by atoms with Gasteiger partial charge in [-0.25, -0.2) is 0 Å². The highest BCUT2D eigenvalue weighted by atomic mass is 35.5.